The summed E-state index contributed by atoms with van der Waals surface area (Å²) in [5, 5.41) is 0. The van der Waals surface area contributed by atoms with Crippen molar-refractivity contribution >= 4 is 41.1 Å². The van der Waals surface area contributed by atoms with Crippen LogP contribution in [-0.2, 0) is 0 Å². The number of hydrogen-bond donors (Lipinski definition) is 0. The summed E-state index contributed by atoms with van der Waals surface area (Å²) in [6.45, 7) is 0. The standard InChI is InChI=1S/C32H25N3/c1-3-7-30(8-4-1)35(31-9-5-2-6-10-31)32-19-15-27(16-20-32)12-11-26-13-17-29(18-14-26)34-25-28-21-23-33-24-22-28/h1-25H/b12-11+,34-25?. The van der Waals surface area contributed by atoms with Gasteiger partial charge in [0.15, 0.2) is 0 Å². The lowest BCUT2D eigenvalue weighted by Gasteiger charge is -2.25. The molecular formula is C32H25N3. The van der Waals surface area contributed by atoms with Gasteiger partial charge in [-0.25, -0.2) is 0 Å². The molecule has 0 aliphatic rings. The molecule has 1 aromatic heterocycles. The maximum atomic E-state index is 4.53. The van der Waals surface area contributed by atoms with Gasteiger partial charge < -0.3 is 4.90 Å². The number of hydrogen-bond acceptors (Lipinski definition) is 3. The van der Waals surface area contributed by atoms with Crippen molar-refractivity contribution < 1.29 is 0 Å². The van der Waals surface area contributed by atoms with Gasteiger partial charge >= 0.3 is 0 Å². The number of aliphatic imine (C=N–C) groups is 1. The van der Waals surface area contributed by atoms with Crippen molar-refractivity contribution in [3.05, 3.63) is 150 Å². The van der Waals surface area contributed by atoms with Crippen LogP contribution in [0.15, 0.2) is 139 Å². The van der Waals surface area contributed by atoms with Crippen molar-refractivity contribution in [3.8, 4) is 0 Å². The minimum atomic E-state index is 0.922. The van der Waals surface area contributed by atoms with E-state index in [4.69, 9.17) is 0 Å². The zero-order chi connectivity index (χ0) is 23.7. The van der Waals surface area contributed by atoms with Gasteiger partial charge in [0, 0.05) is 35.7 Å². The molecule has 0 bridgehead atoms. The average molecular weight is 452 g/mol. The van der Waals surface area contributed by atoms with E-state index in [1.165, 1.54) is 0 Å². The predicted octanol–water partition coefficient (Wildman–Crippen LogP) is 8.47. The highest BCUT2D eigenvalue weighted by atomic mass is 15.1. The Balaban J connectivity index is 1.30. The molecule has 1 heterocycles. The molecule has 168 valence electrons. The van der Waals surface area contributed by atoms with Crippen LogP contribution >= 0.6 is 0 Å². The summed E-state index contributed by atoms with van der Waals surface area (Å²) >= 11 is 0. The van der Waals surface area contributed by atoms with Crippen LogP contribution in [0, 0.1) is 0 Å². The number of pyridine rings is 1. The Morgan fingerprint density at radius 1 is 0.486 bits per heavy atom. The number of para-hydroxylation sites is 2. The molecule has 4 aromatic carbocycles. The van der Waals surface area contributed by atoms with Crippen LogP contribution in [0.2, 0.25) is 0 Å². The number of rotatable bonds is 7. The van der Waals surface area contributed by atoms with Gasteiger partial charge in [-0.15, -0.1) is 0 Å². The first-order valence-electron chi connectivity index (χ1n) is 11.6. The Bertz CT molecular complexity index is 1350. The largest absolute Gasteiger partial charge is 0.311 e. The summed E-state index contributed by atoms with van der Waals surface area (Å²) < 4.78 is 0. The summed E-state index contributed by atoms with van der Waals surface area (Å²) in [4.78, 5) is 10.8. The predicted molar refractivity (Wildman–Crippen MR) is 148 cm³/mol. The molecule has 0 N–H and O–H groups in total. The maximum absolute atomic E-state index is 4.53. The second-order valence-corrected chi connectivity index (χ2v) is 8.06. The fourth-order valence-electron chi connectivity index (χ4n) is 3.80. The van der Waals surface area contributed by atoms with E-state index < -0.39 is 0 Å². The first-order valence-corrected chi connectivity index (χ1v) is 11.6. The molecule has 0 aliphatic heterocycles. The van der Waals surface area contributed by atoms with Gasteiger partial charge in [-0.1, -0.05) is 72.8 Å². The summed E-state index contributed by atoms with van der Waals surface area (Å²) in [7, 11) is 0. The molecule has 3 heteroatoms. The lowest BCUT2D eigenvalue weighted by Crippen LogP contribution is -2.09. The SMILES string of the molecule is C(=Nc1ccc(/C=C/c2ccc(N(c3ccccc3)c3ccccc3)cc2)cc1)c1ccncc1. The van der Waals surface area contributed by atoms with Gasteiger partial charge in [-0.05, 0) is 77.4 Å². The summed E-state index contributed by atoms with van der Waals surface area (Å²) in [5.41, 5.74) is 7.62. The van der Waals surface area contributed by atoms with E-state index in [9.17, 15) is 0 Å². The molecule has 0 aliphatic carbocycles. The Labute approximate surface area is 206 Å². The first kappa shape index (κ1) is 22.1. The average Bonchev–Trinajstić information content (AvgIpc) is 2.94. The molecule has 5 aromatic rings. The first-order chi connectivity index (χ1) is 17.3. The summed E-state index contributed by atoms with van der Waals surface area (Å²) in [6.07, 6.45) is 9.64. The number of anilines is 3. The third kappa shape index (κ3) is 5.79. The fourth-order valence-corrected chi connectivity index (χ4v) is 3.80. The van der Waals surface area contributed by atoms with E-state index in [1.807, 2.05) is 42.6 Å². The third-order valence-corrected chi connectivity index (χ3v) is 5.61. The van der Waals surface area contributed by atoms with Crippen molar-refractivity contribution in [1.82, 2.24) is 4.98 Å². The van der Waals surface area contributed by atoms with E-state index in [1.54, 1.807) is 12.4 Å². The van der Waals surface area contributed by atoms with Gasteiger partial charge in [-0.2, -0.15) is 0 Å². The van der Waals surface area contributed by atoms with Crippen LogP contribution in [0.1, 0.15) is 16.7 Å². The monoisotopic (exact) mass is 451 g/mol. The van der Waals surface area contributed by atoms with Crippen molar-refractivity contribution in [3.63, 3.8) is 0 Å². The van der Waals surface area contributed by atoms with E-state index in [-0.39, 0.29) is 0 Å². The smallest absolute Gasteiger partial charge is 0.0630 e. The minimum absolute atomic E-state index is 0.922. The summed E-state index contributed by atoms with van der Waals surface area (Å²) in [6, 6.07) is 41.6. The van der Waals surface area contributed by atoms with Gasteiger partial charge in [0.25, 0.3) is 0 Å². The van der Waals surface area contributed by atoms with Crippen molar-refractivity contribution in [2.45, 2.75) is 0 Å². The van der Waals surface area contributed by atoms with Gasteiger partial charge in [0.1, 0.15) is 0 Å². The zero-order valence-electron chi connectivity index (χ0n) is 19.3. The quantitative estimate of drug-likeness (QED) is 0.183. The van der Waals surface area contributed by atoms with Crippen LogP contribution in [-0.4, -0.2) is 11.2 Å². The highest BCUT2D eigenvalue weighted by Crippen LogP contribution is 2.34. The van der Waals surface area contributed by atoms with Gasteiger partial charge in [-0.3, -0.25) is 9.98 Å². The normalized spacial score (nSPS) is 11.2. The van der Waals surface area contributed by atoms with E-state index in [0.29, 0.717) is 0 Å². The van der Waals surface area contributed by atoms with Crippen LogP contribution < -0.4 is 4.90 Å². The third-order valence-electron chi connectivity index (χ3n) is 5.61. The fraction of sp³-hybridized carbons (Fsp3) is 0. The Hall–Kier alpha value is -4.76. The molecule has 0 saturated carbocycles. The molecule has 0 atom stereocenters. The van der Waals surface area contributed by atoms with Crippen LogP contribution in [0.25, 0.3) is 12.2 Å². The summed E-state index contributed by atoms with van der Waals surface area (Å²) in [5.74, 6) is 0. The second-order valence-electron chi connectivity index (χ2n) is 8.06. The molecule has 0 spiro atoms. The lowest BCUT2D eigenvalue weighted by atomic mass is 10.1. The molecule has 5 rings (SSSR count). The molecule has 0 amide bonds. The highest BCUT2D eigenvalue weighted by Gasteiger charge is 2.11. The van der Waals surface area contributed by atoms with E-state index >= 15 is 0 Å². The van der Waals surface area contributed by atoms with Crippen molar-refractivity contribution in [1.29, 1.82) is 0 Å². The zero-order valence-corrected chi connectivity index (χ0v) is 19.3. The van der Waals surface area contributed by atoms with E-state index in [0.717, 1.165) is 39.4 Å². The number of benzene rings is 4. The van der Waals surface area contributed by atoms with Gasteiger partial charge in [0.2, 0.25) is 0 Å². The van der Waals surface area contributed by atoms with Crippen LogP contribution in [0.4, 0.5) is 22.7 Å². The van der Waals surface area contributed by atoms with Crippen LogP contribution in [0.3, 0.4) is 0 Å². The van der Waals surface area contributed by atoms with Crippen molar-refractivity contribution in [2.75, 3.05) is 4.90 Å². The number of nitrogens with zero attached hydrogens (tertiary/aromatic N) is 3. The highest BCUT2D eigenvalue weighted by molar-refractivity contribution is 5.82. The Morgan fingerprint density at radius 2 is 0.971 bits per heavy atom. The topological polar surface area (TPSA) is 28.5 Å². The van der Waals surface area contributed by atoms with Crippen molar-refractivity contribution in [2.24, 2.45) is 4.99 Å². The van der Waals surface area contributed by atoms with Crippen LogP contribution in [0.5, 0.6) is 0 Å². The Kier molecular flexibility index (Phi) is 6.87. The molecule has 0 saturated heterocycles. The molecule has 0 radical (unpaired) electrons. The maximum Gasteiger partial charge on any atom is 0.0630 e. The molecular weight excluding hydrogens is 426 g/mol. The second kappa shape index (κ2) is 10.9. The molecule has 0 unspecified atom stereocenters. The van der Waals surface area contributed by atoms with E-state index in [2.05, 4.69) is 112 Å². The molecule has 35 heavy (non-hydrogen) atoms. The number of aromatic nitrogens is 1. The minimum Gasteiger partial charge on any atom is -0.311 e. The molecule has 3 nitrogen and oxygen atoms in total. The Morgan fingerprint density at radius 3 is 1.51 bits per heavy atom. The van der Waals surface area contributed by atoms with Gasteiger partial charge in [0.05, 0.1) is 5.69 Å². The lowest BCUT2D eigenvalue weighted by molar-refractivity contribution is 1.28. The molecule has 0 fully saturated rings.